The Labute approximate surface area is 92.4 Å². The van der Waals surface area contributed by atoms with E-state index in [9.17, 15) is 4.79 Å². The average Bonchev–Trinajstić information content (AvgIpc) is 2.11. The lowest BCUT2D eigenvalue weighted by molar-refractivity contribution is 0.0525. The number of rotatable bonds is 2. The number of esters is 1. The molecule has 3 heteroatoms. The van der Waals surface area contributed by atoms with Gasteiger partial charge in [0.1, 0.15) is 0 Å². The van der Waals surface area contributed by atoms with Gasteiger partial charge in [-0.1, -0.05) is 15.9 Å². The van der Waals surface area contributed by atoms with E-state index in [1.807, 2.05) is 26.0 Å². The predicted octanol–water partition coefficient (Wildman–Crippen LogP) is 3.24. The summed E-state index contributed by atoms with van der Waals surface area (Å²) in [6, 6.07) is 3.78. The second kappa shape index (κ2) is 4.60. The highest BCUT2D eigenvalue weighted by Crippen LogP contribution is 2.21. The Morgan fingerprint density at radius 2 is 2.00 bits per heavy atom. The molecule has 0 N–H and O–H groups in total. The maximum atomic E-state index is 11.5. The third-order valence-electron chi connectivity index (χ3n) is 2.00. The second-order valence-electron chi connectivity index (χ2n) is 3.14. The quantitative estimate of drug-likeness (QED) is 0.760. The highest BCUT2D eigenvalue weighted by molar-refractivity contribution is 9.10. The van der Waals surface area contributed by atoms with E-state index in [1.165, 1.54) is 0 Å². The molecule has 0 atom stereocenters. The van der Waals surface area contributed by atoms with Gasteiger partial charge in [0.25, 0.3) is 0 Å². The molecule has 1 aromatic carbocycles. The minimum absolute atomic E-state index is 0.249. The van der Waals surface area contributed by atoms with Gasteiger partial charge in [0.05, 0.1) is 12.2 Å². The van der Waals surface area contributed by atoms with Crippen molar-refractivity contribution in [2.45, 2.75) is 20.8 Å². The van der Waals surface area contributed by atoms with Gasteiger partial charge >= 0.3 is 5.97 Å². The predicted molar refractivity (Wildman–Crippen MR) is 59.6 cm³/mol. The van der Waals surface area contributed by atoms with E-state index in [2.05, 4.69) is 15.9 Å². The maximum absolute atomic E-state index is 11.5. The molecule has 2 nitrogen and oxygen atoms in total. The summed E-state index contributed by atoms with van der Waals surface area (Å²) in [6.45, 7) is 6.06. The minimum Gasteiger partial charge on any atom is -0.462 e. The Morgan fingerprint density at radius 3 is 2.57 bits per heavy atom. The van der Waals surface area contributed by atoms with Gasteiger partial charge < -0.3 is 4.74 Å². The van der Waals surface area contributed by atoms with E-state index in [0.29, 0.717) is 12.2 Å². The summed E-state index contributed by atoms with van der Waals surface area (Å²) >= 11 is 3.42. The first-order chi connectivity index (χ1) is 6.56. The van der Waals surface area contributed by atoms with E-state index in [0.717, 1.165) is 15.6 Å². The first kappa shape index (κ1) is 11.2. The second-order valence-corrected chi connectivity index (χ2v) is 3.99. The van der Waals surface area contributed by atoms with Crippen molar-refractivity contribution in [2.24, 2.45) is 0 Å². The van der Waals surface area contributed by atoms with Gasteiger partial charge in [-0.25, -0.2) is 4.79 Å². The SMILES string of the molecule is CCOC(=O)c1cc(C)c(Br)cc1C. The van der Waals surface area contributed by atoms with Crippen LogP contribution in [0.4, 0.5) is 0 Å². The minimum atomic E-state index is -0.249. The molecule has 1 aromatic rings. The Bertz CT molecular complexity index is 359. The maximum Gasteiger partial charge on any atom is 0.338 e. The van der Waals surface area contributed by atoms with Crippen LogP contribution in [0, 0.1) is 13.8 Å². The van der Waals surface area contributed by atoms with Gasteiger partial charge in [-0.05, 0) is 44.0 Å². The summed E-state index contributed by atoms with van der Waals surface area (Å²) < 4.78 is 5.97. The summed E-state index contributed by atoms with van der Waals surface area (Å²) in [5.41, 5.74) is 2.62. The van der Waals surface area contributed by atoms with Crippen LogP contribution < -0.4 is 0 Å². The van der Waals surface area contributed by atoms with Crippen LogP contribution in [0.2, 0.25) is 0 Å². The zero-order valence-electron chi connectivity index (χ0n) is 8.56. The molecule has 0 unspecified atom stereocenters. The average molecular weight is 257 g/mol. The van der Waals surface area contributed by atoms with Crippen LogP contribution in [0.1, 0.15) is 28.4 Å². The first-order valence-corrected chi connectivity index (χ1v) is 5.29. The largest absolute Gasteiger partial charge is 0.462 e. The monoisotopic (exact) mass is 256 g/mol. The van der Waals surface area contributed by atoms with Crippen LogP contribution in [0.25, 0.3) is 0 Å². The highest BCUT2D eigenvalue weighted by Gasteiger charge is 2.11. The number of carbonyl (C=O) groups is 1. The van der Waals surface area contributed by atoms with E-state index < -0.39 is 0 Å². The van der Waals surface area contributed by atoms with Gasteiger partial charge in [-0.3, -0.25) is 0 Å². The van der Waals surface area contributed by atoms with Crippen LogP contribution in [-0.4, -0.2) is 12.6 Å². The van der Waals surface area contributed by atoms with E-state index in [-0.39, 0.29) is 5.97 Å². The van der Waals surface area contributed by atoms with Gasteiger partial charge in [0.15, 0.2) is 0 Å². The molecule has 0 aliphatic rings. The van der Waals surface area contributed by atoms with Crippen LogP contribution in [0.5, 0.6) is 0 Å². The molecule has 76 valence electrons. The molecule has 0 saturated heterocycles. The Hall–Kier alpha value is -0.830. The normalized spacial score (nSPS) is 10.0. The fourth-order valence-corrected chi connectivity index (χ4v) is 1.67. The number of carbonyl (C=O) groups excluding carboxylic acids is 1. The Balaban J connectivity index is 3.09. The third-order valence-corrected chi connectivity index (χ3v) is 2.86. The molecule has 0 heterocycles. The Kier molecular flexibility index (Phi) is 3.69. The summed E-state index contributed by atoms with van der Waals surface area (Å²) in [5.74, 6) is -0.249. The molecule has 0 fully saturated rings. The molecule has 0 aromatic heterocycles. The third kappa shape index (κ3) is 2.35. The molecule has 0 amide bonds. The zero-order valence-corrected chi connectivity index (χ0v) is 10.1. The number of halogens is 1. The summed E-state index contributed by atoms with van der Waals surface area (Å²) in [6.07, 6.45) is 0. The molecule has 0 aliphatic carbocycles. The van der Waals surface area contributed by atoms with Crippen molar-refractivity contribution < 1.29 is 9.53 Å². The van der Waals surface area contributed by atoms with E-state index >= 15 is 0 Å². The van der Waals surface area contributed by atoms with Gasteiger partial charge in [0, 0.05) is 4.47 Å². The number of ether oxygens (including phenoxy) is 1. The number of benzene rings is 1. The number of hydrogen-bond acceptors (Lipinski definition) is 2. The van der Waals surface area contributed by atoms with E-state index in [4.69, 9.17) is 4.74 Å². The number of hydrogen-bond donors (Lipinski definition) is 0. The highest BCUT2D eigenvalue weighted by atomic mass is 79.9. The van der Waals surface area contributed by atoms with Gasteiger partial charge in [-0.2, -0.15) is 0 Å². The standard InChI is InChI=1S/C11H13BrO2/c1-4-14-11(13)9-5-8(3)10(12)6-7(9)2/h5-6H,4H2,1-3H3. The van der Waals surface area contributed by atoms with Crippen LogP contribution in [0.3, 0.4) is 0 Å². The van der Waals surface area contributed by atoms with Crippen LogP contribution in [-0.2, 0) is 4.74 Å². The van der Waals surface area contributed by atoms with E-state index in [1.54, 1.807) is 6.92 Å². The summed E-state index contributed by atoms with van der Waals surface area (Å²) in [5, 5.41) is 0. The molecular formula is C11H13BrO2. The smallest absolute Gasteiger partial charge is 0.338 e. The molecule has 14 heavy (non-hydrogen) atoms. The number of aryl methyl sites for hydroxylation is 2. The zero-order chi connectivity index (χ0) is 10.7. The lowest BCUT2D eigenvalue weighted by Gasteiger charge is -2.07. The molecule has 0 spiro atoms. The fourth-order valence-electron chi connectivity index (χ4n) is 1.21. The molecule has 0 bridgehead atoms. The van der Waals surface area contributed by atoms with Gasteiger partial charge in [0.2, 0.25) is 0 Å². The molecular weight excluding hydrogens is 244 g/mol. The summed E-state index contributed by atoms with van der Waals surface area (Å²) in [4.78, 5) is 11.5. The molecule has 0 aliphatic heterocycles. The van der Waals surface area contributed by atoms with Crippen molar-refractivity contribution in [3.63, 3.8) is 0 Å². The van der Waals surface area contributed by atoms with Crippen molar-refractivity contribution in [1.29, 1.82) is 0 Å². The topological polar surface area (TPSA) is 26.3 Å². The summed E-state index contributed by atoms with van der Waals surface area (Å²) in [7, 11) is 0. The fraction of sp³-hybridized carbons (Fsp3) is 0.364. The molecule has 1 rings (SSSR count). The van der Waals surface area contributed by atoms with Crippen molar-refractivity contribution in [3.05, 3.63) is 33.3 Å². The molecule has 0 saturated carbocycles. The Morgan fingerprint density at radius 1 is 1.36 bits per heavy atom. The van der Waals surface area contributed by atoms with Gasteiger partial charge in [-0.15, -0.1) is 0 Å². The van der Waals surface area contributed by atoms with Crippen LogP contribution in [0.15, 0.2) is 16.6 Å². The van der Waals surface area contributed by atoms with Crippen molar-refractivity contribution in [1.82, 2.24) is 0 Å². The van der Waals surface area contributed by atoms with Crippen molar-refractivity contribution >= 4 is 21.9 Å². The lowest BCUT2D eigenvalue weighted by atomic mass is 10.1. The van der Waals surface area contributed by atoms with Crippen LogP contribution >= 0.6 is 15.9 Å². The van der Waals surface area contributed by atoms with Crippen molar-refractivity contribution in [2.75, 3.05) is 6.61 Å². The van der Waals surface area contributed by atoms with Crippen molar-refractivity contribution in [3.8, 4) is 0 Å². The first-order valence-electron chi connectivity index (χ1n) is 4.50. The lowest BCUT2D eigenvalue weighted by Crippen LogP contribution is -2.07. The molecule has 0 radical (unpaired) electrons.